The van der Waals surface area contributed by atoms with E-state index >= 15 is 0 Å². The fourth-order valence-corrected chi connectivity index (χ4v) is 4.85. The number of hydrogen-bond donors (Lipinski definition) is 1. The zero-order valence-electron chi connectivity index (χ0n) is 21.4. The molecule has 2 aromatic heterocycles. The van der Waals surface area contributed by atoms with Gasteiger partial charge in [0.05, 0.1) is 25.6 Å². The molecule has 1 amide bonds. The third-order valence-corrected chi connectivity index (χ3v) is 6.85. The monoisotopic (exact) mass is 519 g/mol. The molecule has 198 valence electrons. The van der Waals surface area contributed by atoms with Gasteiger partial charge in [-0.15, -0.1) is 0 Å². The Bertz CT molecular complexity index is 1410. The maximum absolute atomic E-state index is 13.4. The number of alkyl halides is 1. The Labute approximate surface area is 220 Å². The van der Waals surface area contributed by atoms with Crippen LogP contribution in [0.15, 0.2) is 36.7 Å². The van der Waals surface area contributed by atoms with Crippen molar-refractivity contribution in [1.29, 1.82) is 0 Å². The van der Waals surface area contributed by atoms with Gasteiger partial charge in [-0.1, -0.05) is 12.0 Å². The number of carbonyl (C=O) groups is 1. The Kier molecular flexibility index (Phi) is 7.42. The number of hydrogen-bond acceptors (Lipinski definition) is 8. The fraction of sp³-hybridized carbons (Fsp3) is 0.407. The van der Waals surface area contributed by atoms with Gasteiger partial charge in [0.15, 0.2) is 5.65 Å². The van der Waals surface area contributed by atoms with Gasteiger partial charge in [-0.25, -0.2) is 19.0 Å². The average molecular weight is 520 g/mol. The number of carbonyl (C=O) groups excluding carboxylic acids is 1. The van der Waals surface area contributed by atoms with Gasteiger partial charge in [0, 0.05) is 50.4 Å². The second-order valence-corrected chi connectivity index (χ2v) is 9.38. The first-order valence-corrected chi connectivity index (χ1v) is 12.5. The van der Waals surface area contributed by atoms with Gasteiger partial charge in [-0.05, 0) is 30.9 Å². The molecule has 0 radical (unpaired) electrons. The summed E-state index contributed by atoms with van der Waals surface area (Å²) >= 11 is 0. The summed E-state index contributed by atoms with van der Waals surface area (Å²) in [6.45, 7) is 2.80. The van der Waals surface area contributed by atoms with Gasteiger partial charge in [0.2, 0.25) is 5.91 Å². The number of nitrogens with zero attached hydrogens (tertiary/aromatic N) is 6. The highest BCUT2D eigenvalue weighted by Crippen LogP contribution is 2.29. The quantitative estimate of drug-likeness (QED) is 0.390. The Morgan fingerprint density at radius 2 is 1.92 bits per heavy atom. The summed E-state index contributed by atoms with van der Waals surface area (Å²) in [6.07, 6.45) is 5.30. The van der Waals surface area contributed by atoms with Crippen molar-refractivity contribution in [3.8, 4) is 23.3 Å². The van der Waals surface area contributed by atoms with E-state index in [1.54, 1.807) is 35.9 Å². The van der Waals surface area contributed by atoms with Crippen LogP contribution in [0.5, 0.6) is 11.5 Å². The van der Waals surface area contributed by atoms with E-state index in [1.165, 1.54) is 6.33 Å². The smallest absolute Gasteiger partial charge is 0.246 e. The molecule has 0 bridgehead atoms. The molecule has 0 spiro atoms. The molecule has 2 saturated heterocycles. The third kappa shape index (κ3) is 5.40. The lowest BCUT2D eigenvalue weighted by Crippen LogP contribution is -2.28. The molecule has 2 aliphatic rings. The van der Waals surface area contributed by atoms with Gasteiger partial charge in [0.1, 0.15) is 35.5 Å². The summed E-state index contributed by atoms with van der Waals surface area (Å²) in [7, 11) is 3.16. The second-order valence-electron chi connectivity index (χ2n) is 9.38. The lowest BCUT2D eigenvalue weighted by atomic mass is 10.2. The lowest BCUT2D eigenvalue weighted by Gasteiger charge is -2.15. The molecule has 0 saturated carbocycles. The van der Waals surface area contributed by atoms with Crippen molar-refractivity contribution >= 4 is 22.8 Å². The van der Waals surface area contributed by atoms with Crippen molar-refractivity contribution in [3.63, 3.8) is 0 Å². The van der Waals surface area contributed by atoms with Gasteiger partial charge in [0.25, 0.3) is 0 Å². The average Bonchev–Trinajstić information content (AvgIpc) is 3.66. The van der Waals surface area contributed by atoms with E-state index in [0.717, 1.165) is 13.0 Å². The van der Waals surface area contributed by atoms with Crippen molar-refractivity contribution in [1.82, 2.24) is 29.5 Å². The number of anilines is 1. The molecule has 2 aliphatic heterocycles. The molecule has 1 unspecified atom stereocenters. The van der Waals surface area contributed by atoms with E-state index in [9.17, 15) is 9.18 Å². The topological polar surface area (TPSA) is 112 Å². The van der Waals surface area contributed by atoms with E-state index in [1.807, 2.05) is 23.1 Å². The second kappa shape index (κ2) is 11.1. The molecule has 11 heteroatoms. The largest absolute Gasteiger partial charge is 0.497 e. The van der Waals surface area contributed by atoms with Gasteiger partial charge < -0.3 is 20.1 Å². The number of likely N-dealkylation sites (tertiary alicyclic amines) is 2. The first-order chi connectivity index (χ1) is 18.4. The standard InChI is InChI=1S/C27H30FN7O3/c1-37-21-12-18(13-22(14-21)38-2)5-6-23-25-26(29)30-17-31-27(25)35(32-23)20-8-11-34(16-20)24(36)4-3-9-33-10-7-19(28)15-33/h3-4,12-14,17,19-20H,7-11,15-16H2,1-2H3,(H2,29,30,31)/b4-3+/t19-,20?/m0/s1. The van der Waals surface area contributed by atoms with Crippen LogP contribution >= 0.6 is 0 Å². The number of halogens is 1. The molecule has 38 heavy (non-hydrogen) atoms. The number of nitrogen functional groups attached to an aromatic ring is 1. The number of methoxy groups -OCH3 is 2. The minimum atomic E-state index is -0.770. The Balaban J connectivity index is 1.35. The maximum atomic E-state index is 13.4. The zero-order chi connectivity index (χ0) is 26.6. The molecule has 5 rings (SSSR count). The van der Waals surface area contributed by atoms with Crippen LogP contribution in [0, 0.1) is 11.8 Å². The molecular weight excluding hydrogens is 489 g/mol. The summed E-state index contributed by atoms with van der Waals surface area (Å²) < 4.78 is 25.8. The first-order valence-electron chi connectivity index (χ1n) is 12.5. The predicted molar refractivity (Wildman–Crippen MR) is 141 cm³/mol. The van der Waals surface area contributed by atoms with Crippen LogP contribution in [0.2, 0.25) is 0 Å². The molecule has 0 aliphatic carbocycles. The van der Waals surface area contributed by atoms with Crippen molar-refractivity contribution in [3.05, 3.63) is 47.9 Å². The summed E-state index contributed by atoms with van der Waals surface area (Å²) in [6, 6.07) is 5.31. The van der Waals surface area contributed by atoms with Crippen LogP contribution in [0.1, 0.15) is 30.1 Å². The van der Waals surface area contributed by atoms with E-state index in [0.29, 0.717) is 72.2 Å². The Hall–Kier alpha value is -4.17. The van der Waals surface area contributed by atoms with E-state index in [-0.39, 0.29) is 11.9 Å². The van der Waals surface area contributed by atoms with E-state index in [4.69, 9.17) is 20.3 Å². The van der Waals surface area contributed by atoms with Gasteiger partial charge >= 0.3 is 0 Å². The van der Waals surface area contributed by atoms with Crippen molar-refractivity contribution in [2.24, 2.45) is 0 Å². The van der Waals surface area contributed by atoms with Crippen molar-refractivity contribution < 1.29 is 18.7 Å². The van der Waals surface area contributed by atoms with Crippen molar-refractivity contribution in [2.75, 3.05) is 52.7 Å². The van der Waals surface area contributed by atoms with Gasteiger partial charge in [-0.3, -0.25) is 9.69 Å². The highest BCUT2D eigenvalue weighted by Gasteiger charge is 2.30. The van der Waals surface area contributed by atoms with E-state index < -0.39 is 6.17 Å². The molecule has 2 N–H and O–H groups in total. The maximum Gasteiger partial charge on any atom is 0.246 e. The Morgan fingerprint density at radius 3 is 2.63 bits per heavy atom. The summed E-state index contributed by atoms with van der Waals surface area (Å²) in [5, 5.41) is 5.33. The lowest BCUT2D eigenvalue weighted by molar-refractivity contribution is -0.125. The van der Waals surface area contributed by atoms with Crippen LogP contribution in [0.25, 0.3) is 11.0 Å². The summed E-state index contributed by atoms with van der Waals surface area (Å²) in [5.74, 6) is 7.70. The van der Waals surface area contributed by atoms with E-state index in [2.05, 4.69) is 21.8 Å². The fourth-order valence-electron chi connectivity index (χ4n) is 4.85. The summed E-state index contributed by atoms with van der Waals surface area (Å²) in [5.41, 5.74) is 7.94. The number of ether oxygens (including phenoxy) is 2. The molecule has 10 nitrogen and oxygen atoms in total. The minimum absolute atomic E-state index is 0.0684. The zero-order valence-corrected chi connectivity index (χ0v) is 21.4. The molecule has 2 fully saturated rings. The highest BCUT2D eigenvalue weighted by atomic mass is 19.1. The summed E-state index contributed by atoms with van der Waals surface area (Å²) in [4.78, 5) is 25.1. The third-order valence-electron chi connectivity index (χ3n) is 6.85. The Morgan fingerprint density at radius 1 is 1.13 bits per heavy atom. The van der Waals surface area contributed by atoms with Crippen LogP contribution in [-0.2, 0) is 4.79 Å². The van der Waals surface area contributed by atoms with Crippen LogP contribution in [0.3, 0.4) is 0 Å². The normalized spacial score (nSPS) is 19.7. The molecule has 4 heterocycles. The minimum Gasteiger partial charge on any atom is -0.497 e. The first kappa shape index (κ1) is 25.5. The molecular formula is C27H30FN7O3. The molecule has 1 aromatic carbocycles. The van der Waals surface area contributed by atoms with Crippen LogP contribution < -0.4 is 15.2 Å². The number of benzene rings is 1. The number of nitrogens with two attached hydrogens (primary N) is 1. The van der Waals surface area contributed by atoms with Crippen LogP contribution in [0.4, 0.5) is 10.2 Å². The highest BCUT2D eigenvalue weighted by molar-refractivity contribution is 5.91. The predicted octanol–water partition coefficient (Wildman–Crippen LogP) is 2.20. The number of amides is 1. The molecule has 2 atom stereocenters. The number of rotatable bonds is 6. The van der Waals surface area contributed by atoms with Gasteiger partial charge in [-0.2, -0.15) is 5.10 Å². The molecule has 3 aromatic rings. The SMILES string of the molecule is COc1cc(C#Cc2nn(C3CCN(C(=O)/C=C/CN4CC[C@H](F)C4)C3)c3ncnc(N)c23)cc(OC)c1. The number of fused-ring (bicyclic) bond motifs is 1. The van der Waals surface area contributed by atoms with Crippen LogP contribution in [-0.4, -0.2) is 88.6 Å². The number of aromatic nitrogens is 4. The van der Waals surface area contributed by atoms with Crippen molar-refractivity contribution in [2.45, 2.75) is 25.1 Å².